The molecule has 3 atom stereocenters. The van der Waals surface area contributed by atoms with Gasteiger partial charge in [0.15, 0.2) is 0 Å². The van der Waals surface area contributed by atoms with E-state index in [0.29, 0.717) is 18.4 Å². The number of ether oxygens (including phenoxy) is 1. The van der Waals surface area contributed by atoms with E-state index >= 15 is 0 Å². The number of carboxylic acids is 1. The summed E-state index contributed by atoms with van der Waals surface area (Å²) in [7, 11) is 0. The minimum atomic E-state index is -0.646. The first-order valence-corrected chi connectivity index (χ1v) is 12.3. The minimum absolute atomic E-state index is 0.174. The second-order valence-corrected chi connectivity index (χ2v) is 10.5. The maximum Gasteiger partial charge on any atom is 0.330 e. The van der Waals surface area contributed by atoms with Gasteiger partial charge in [0.25, 0.3) is 0 Å². The fraction of sp³-hybridized carbons (Fsp3) is 0.714. The van der Waals surface area contributed by atoms with Crippen molar-refractivity contribution in [3.63, 3.8) is 0 Å². The largest absolute Gasteiger partial charge is 0.481 e. The third-order valence-corrected chi connectivity index (χ3v) is 8.09. The number of aliphatic carboxylic acids is 1. The van der Waals surface area contributed by atoms with Crippen molar-refractivity contribution in [1.29, 1.82) is 0 Å². The summed E-state index contributed by atoms with van der Waals surface area (Å²) in [5.74, 6) is 0.244. The third-order valence-electron chi connectivity index (χ3n) is 8.09. The van der Waals surface area contributed by atoms with Gasteiger partial charge < -0.3 is 9.84 Å². The van der Waals surface area contributed by atoms with Gasteiger partial charge in [-0.25, -0.2) is 4.79 Å². The van der Waals surface area contributed by atoms with E-state index in [1.807, 2.05) is 19.9 Å². The zero-order chi connectivity index (χ0) is 24.5. The van der Waals surface area contributed by atoms with Gasteiger partial charge in [-0.1, -0.05) is 70.9 Å². The normalized spacial score (nSPS) is 24.4. The van der Waals surface area contributed by atoms with Gasteiger partial charge in [0.2, 0.25) is 0 Å². The van der Waals surface area contributed by atoms with Gasteiger partial charge in [-0.15, -0.1) is 0 Å². The molecule has 0 aromatic carbocycles. The van der Waals surface area contributed by atoms with Crippen LogP contribution in [0.5, 0.6) is 0 Å². The predicted molar refractivity (Wildman–Crippen MR) is 132 cm³/mol. The van der Waals surface area contributed by atoms with Crippen LogP contribution in [0.2, 0.25) is 0 Å². The molecule has 0 fully saturated rings. The van der Waals surface area contributed by atoms with Crippen molar-refractivity contribution in [3.05, 3.63) is 35.5 Å². The minimum Gasteiger partial charge on any atom is -0.481 e. The number of hydrogen-bond donors (Lipinski definition) is 1. The molecule has 0 radical (unpaired) electrons. The molecule has 0 aliphatic heterocycles. The van der Waals surface area contributed by atoms with E-state index in [-0.39, 0.29) is 22.7 Å². The van der Waals surface area contributed by atoms with Crippen molar-refractivity contribution >= 4 is 11.9 Å². The van der Waals surface area contributed by atoms with Crippen LogP contribution in [0.3, 0.4) is 0 Å². The summed E-state index contributed by atoms with van der Waals surface area (Å²) in [6.07, 6.45) is 13.8. The Balaban J connectivity index is 0.000000320. The van der Waals surface area contributed by atoms with Gasteiger partial charge in [-0.3, -0.25) is 4.79 Å². The molecule has 0 bridgehead atoms. The molecular formula is C28H46O4. The summed E-state index contributed by atoms with van der Waals surface area (Å²) in [5, 5.41) is 9.01. The maximum atomic E-state index is 11.1. The van der Waals surface area contributed by atoms with Crippen molar-refractivity contribution in [2.45, 2.75) is 93.9 Å². The summed E-state index contributed by atoms with van der Waals surface area (Å²) in [4.78, 5) is 22.1. The Morgan fingerprint density at radius 2 is 1.81 bits per heavy atom. The topological polar surface area (TPSA) is 63.6 Å². The SMILES string of the molecule is CCC(CCC1=CCC(C)C1(C)C)C(=O)O.CCOC(=O)C=CCC1CC=C(C)C1(C)C. The summed E-state index contributed by atoms with van der Waals surface area (Å²) in [5.41, 5.74) is 3.44. The van der Waals surface area contributed by atoms with Crippen LogP contribution < -0.4 is 0 Å². The Bertz CT molecular complexity index is 724. The van der Waals surface area contributed by atoms with Gasteiger partial charge >= 0.3 is 11.9 Å². The highest BCUT2D eigenvalue weighted by Gasteiger charge is 2.34. The van der Waals surface area contributed by atoms with E-state index in [4.69, 9.17) is 9.84 Å². The molecule has 0 saturated carbocycles. The van der Waals surface area contributed by atoms with E-state index < -0.39 is 5.97 Å². The predicted octanol–water partition coefficient (Wildman–Crippen LogP) is 7.36. The lowest BCUT2D eigenvalue weighted by Gasteiger charge is -2.29. The number of esters is 1. The lowest BCUT2D eigenvalue weighted by atomic mass is 9.76. The first-order valence-electron chi connectivity index (χ1n) is 12.3. The van der Waals surface area contributed by atoms with E-state index in [2.05, 4.69) is 53.7 Å². The quantitative estimate of drug-likeness (QED) is 0.228. The maximum absolute atomic E-state index is 11.1. The summed E-state index contributed by atoms with van der Waals surface area (Å²) < 4.78 is 4.84. The Morgan fingerprint density at radius 1 is 1.16 bits per heavy atom. The first kappa shape index (κ1) is 28.2. The Morgan fingerprint density at radius 3 is 2.25 bits per heavy atom. The Hall–Kier alpha value is -1.84. The van der Waals surface area contributed by atoms with Crippen molar-refractivity contribution in [2.24, 2.45) is 28.6 Å². The molecule has 0 saturated heterocycles. The molecule has 32 heavy (non-hydrogen) atoms. The Labute approximate surface area is 196 Å². The fourth-order valence-electron chi connectivity index (χ4n) is 4.56. The zero-order valence-corrected chi connectivity index (χ0v) is 21.7. The van der Waals surface area contributed by atoms with Crippen molar-refractivity contribution in [3.8, 4) is 0 Å². The molecule has 4 nitrogen and oxygen atoms in total. The standard InChI is InChI=1S/C14H24O2.C14H22O2/c1-5-11(13(15)16)7-9-12-8-6-10(2)14(12,3)4;1-5-16-13(15)8-6-7-12-10-9-11(2)14(12,3)4/h8,10-11H,5-7,9H2,1-4H3,(H,15,16);6,8-9,12H,5,7,10H2,1-4H3. The van der Waals surface area contributed by atoms with Gasteiger partial charge in [-0.05, 0) is 75.0 Å². The number of carbonyl (C=O) groups is 2. The Kier molecular flexibility index (Phi) is 10.9. The number of carboxylic acid groups (broad SMARTS) is 1. The molecule has 2 aliphatic rings. The average Bonchev–Trinajstić information content (AvgIpc) is 3.11. The highest BCUT2D eigenvalue weighted by atomic mass is 16.5. The van der Waals surface area contributed by atoms with Gasteiger partial charge in [0, 0.05) is 6.08 Å². The van der Waals surface area contributed by atoms with Gasteiger partial charge in [-0.2, -0.15) is 0 Å². The highest BCUT2D eigenvalue weighted by molar-refractivity contribution is 5.81. The molecular weight excluding hydrogens is 400 g/mol. The van der Waals surface area contributed by atoms with E-state index in [1.54, 1.807) is 6.08 Å². The van der Waals surface area contributed by atoms with Crippen LogP contribution in [0, 0.1) is 28.6 Å². The molecule has 0 amide bonds. The van der Waals surface area contributed by atoms with Crippen molar-refractivity contribution in [1.82, 2.24) is 0 Å². The van der Waals surface area contributed by atoms with Crippen LogP contribution in [0.15, 0.2) is 35.5 Å². The number of hydrogen-bond acceptors (Lipinski definition) is 3. The lowest BCUT2D eigenvalue weighted by Crippen LogP contribution is -2.20. The summed E-state index contributed by atoms with van der Waals surface area (Å²) in [6, 6.07) is 0. The van der Waals surface area contributed by atoms with Gasteiger partial charge in [0.1, 0.15) is 0 Å². The smallest absolute Gasteiger partial charge is 0.330 e. The van der Waals surface area contributed by atoms with Gasteiger partial charge in [0.05, 0.1) is 12.5 Å². The van der Waals surface area contributed by atoms with Crippen LogP contribution in [0.4, 0.5) is 0 Å². The van der Waals surface area contributed by atoms with Crippen LogP contribution in [-0.4, -0.2) is 23.7 Å². The summed E-state index contributed by atoms with van der Waals surface area (Å²) >= 11 is 0. The second-order valence-electron chi connectivity index (χ2n) is 10.5. The molecule has 0 aromatic rings. The van der Waals surface area contributed by atoms with E-state index in [9.17, 15) is 9.59 Å². The number of carbonyl (C=O) groups excluding carboxylic acids is 1. The zero-order valence-electron chi connectivity index (χ0n) is 21.7. The molecule has 2 rings (SSSR count). The van der Waals surface area contributed by atoms with E-state index in [0.717, 1.165) is 38.5 Å². The third kappa shape index (κ3) is 7.64. The molecule has 182 valence electrons. The molecule has 2 aliphatic carbocycles. The first-order chi connectivity index (χ1) is 14.9. The number of rotatable bonds is 9. The molecule has 3 unspecified atom stereocenters. The molecule has 1 N–H and O–H groups in total. The van der Waals surface area contributed by atoms with Crippen LogP contribution >= 0.6 is 0 Å². The molecule has 0 aromatic heterocycles. The van der Waals surface area contributed by atoms with Crippen molar-refractivity contribution < 1.29 is 19.4 Å². The molecule has 4 heteroatoms. The number of allylic oxidation sites excluding steroid dienone is 5. The second kappa shape index (κ2) is 12.4. The highest BCUT2D eigenvalue weighted by Crippen LogP contribution is 2.45. The van der Waals surface area contributed by atoms with Crippen LogP contribution in [0.1, 0.15) is 93.9 Å². The lowest BCUT2D eigenvalue weighted by molar-refractivity contribution is -0.142. The summed E-state index contributed by atoms with van der Waals surface area (Å²) in [6.45, 7) is 17.8. The van der Waals surface area contributed by atoms with Crippen molar-refractivity contribution in [2.75, 3.05) is 6.61 Å². The van der Waals surface area contributed by atoms with Crippen LogP contribution in [-0.2, 0) is 14.3 Å². The molecule has 0 heterocycles. The van der Waals surface area contributed by atoms with E-state index in [1.165, 1.54) is 11.1 Å². The monoisotopic (exact) mass is 446 g/mol. The average molecular weight is 447 g/mol. The molecule has 0 spiro atoms. The van der Waals surface area contributed by atoms with Crippen LogP contribution in [0.25, 0.3) is 0 Å². The fourth-order valence-corrected chi connectivity index (χ4v) is 4.56.